The Kier molecular flexibility index (Phi) is 3.49. The molecule has 22 heavy (non-hydrogen) atoms. The molecule has 0 saturated carbocycles. The van der Waals surface area contributed by atoms with Crippen LogP contribution in [-0.2, 0) is 0 Å². The SMILES string of the molecule is O=C(NNC(=O)c1cc2ccccc2cc1O)c1ccco1. The van der Waals surface area contributed by atoms with Gasteiger partial charge in [-0.3, -0.25) is 20.4 Å². The molecular formula is C16H12N2O4. The Labute approximate surface area is 125 Å². The molecule has 0 saturated heterocycles. The number of nitrogens with one attached hydrogen (secondary N) is 2. The summed E-state index contributed by atoms with van der Waals surface area (Å²) in [4.78, 5) is 23.7. The van der Waals surface area contributed by atoms with Crippen molar-refractivity contribution in [1.29, 1.82) is 0 Å². The summed E-state index contributed by atoms with van der Waals surface area (Å²) < 4.78 is 4.90. The van der Waals surface area contributed by atoms with E-state index in [-0.39, 0.29) is 17.1 Å². The fraction of sp³-hybridized carbons (Fsp3) is 0. The fourth-order valence-electron chi connectivity index (χ4n) is 2.06. The number of aromatic hydroxyl groups is 1. The lowest BCUT2D eigenvalue weighted by Crippen LogP contribution is -2.41. The molecule has 0 aliphatic carbocycles. The monoisotopic (exact) mass is 296 g/mol. The highest BCUT2D eigenvalue weighted by molar-refractivity contribution is 6.02. The van der Waals surface area contributed by atoms with E-state index in [1.165, 1.54) is 18.4 Å². The van der Waals surface area contributed by atoms with Crippen LogP contribution in [0.1, 0.15) is 20.9 Å². The third-order valence-electron chi connectivity index (χ3n) is 3.14. The molecule has 0 aliphatic heterocycles. The minimum atomic E-state index is -0.622. The van der Waals surface area contributed by atoms with Crippen molar-refractivity contribution in [2.75, 3.05) is 0 Å². The first-order chi connectivity index (χ1) is 10.6. The van der Waals surface area contributed by atoms with E-state index in [9.17, 15) is 14.7 Å². The van der Waals surface area contributed by atoms with E-state index in [0.29, 0.717) is 0 Å². The third-order valence-corrected chi connectivity index (χ3v) is 3.14. The Bertz CT molecular complexity index is 840. The van der Waals surface area contributed by atoms with Crippen molar-refractivity contribution in [1.82, 2.24) is 10.9 Å². The molecule has 0 radical (unpaired) electrons. The van der Waals surface area contributed by atoms with Gasteiger partial charge in [-0.05, 0) is 35.0 Å². The first-order valence-corrected chi connectivity index (χ1v) is 6.51. The Balaban J connectivity index is 1.77. The van der Waals surface area contributed by atoms with Gasteiger partial charge in [-0.1, -0.05) is 24.3 Å². The van der Waals surface area contributed by atoms with E-state index in [4.69, 9.17) is 4.42 Å². The number of carbonyl (C=O) groups is 2. The quantitative estimate of drug-likeness (QED) is 0.632. The van der Waals surface area contributed by atoms with Gasteiger partial charge >= 0.3 is 5.91 Å². The Hall–Kier alpha value is -3.28. The molecule has 0 atom stereocenters. The van der Waals surface area contributed by atoms with Gasteiger partial charge in [0.1, 0.15) is 5.75 Å². The molecule has 6 nitrogen and oxygen atoms in total. The number of hydrogen-bond donors (Lipinski definition) is 3. The number of hydrazine groups is 1. The van der Waals surface area contributed by atoms with Gasteiger partial charge in [0, 0.05) is 0 Å². The summed E-state index contributed by atoms with van der Waals surface area (Å²) in [6.45, 7) is 0. The van der Waals surface area contributed by atoms with Gasteiger partial charge in [-0.15, -0.1) is 0 Å². The zero-order chi connectivity index (χ0) is 15.5. The number of amides is 2. The topological polar surface area (TPSA) is 91.6 Å². The van der Waals surface area contributed by atoms with Gasteiger partial charge in [0.15, 0.2) is 5.76 Å². The Morgan fingerprint density at radius 2 is 1.59 bits per heavy atom. The first-order valence-electron chi connectivity index (χ1n) is 6.51. The molecule has 3 N–H and O–H groups in total. The zero-order valence-corrected chi connectivity index (χ0v) is 11.4. The maximum absolute atomic E-state index is 12.1. The second kappa shape index (κ2) is 5.61. The molecule has 2 amide bonds. The van der Waals surface area contributed by atoms with Crippen molar-refractivity contribution in [3.63, 3.8) is 0 Å². The predicted octanol–water partition coefficient (Wildman–Crippen LogP) is 2.21. The number of fused-ring (bicyclic) bond motifs is 1. The van der Waals surface area contributed by atoms with Crippen molar-refractivity contribution in [2.45, 2.75) is 0 Å². The number of benzene rings is 2. The van der Waals surface area contributed by atoms with Gasteiger partial charge in [0.2, 0.25) is 0 Å². The molecule has 110 valence electrons. The molecule has 0 unspecified atom stereocenters. The van der Waals surface area contributed by atoms with E-state index in [2.05, 4.69) is 10.9 Å². The Morgan fingerprint density at radius 1 is 0.909 bits per heavy atom. The summed E-state index contributed by atoms with van der Waals surface area (Å²) in [7, 11) is 0. The molecule has 3 rings (SSSR count). The summed E-state index contributed by atoms with van der Waals surface area (Å²) in [6, 6.07) is 13.4. The molecule has 3 aromatic rings. The molecule has 0 fully saturated rings. The molecule has 6 heteroatoms. The van der Waals surface area contributed by atoms with E-state index in [1.54, 1.807) is 12.1 Å². The molecule has 1 heterocycles. The highest BCUT2D eigenvalue weighted by atomic mass is 16.3. The summed E-state index contributed by atoms with van der Waals surface area (Å²) in [5, 5.41) is 11.6. The predicted molar refractivity (Wildman–Crippen MR) is 79.3 cm³/mol. The van der Waals surface area contributed by atoms with E-state index in [1.807, 2.05) is 24.3 Å². The summed E-state index contributed by atoms with van der Waals surface area (Å²) in [5.41, 5.74) is 4.52. The van der Waals surface area contributed by atoms with Crippen LogP contribution in [0.2, 0.25) is 0 Å². The highest BCUT2D eigenvalue weighted by Gasteiger charge is 2.14. The van der Waals surface area contributed by atoms with Gasteiger partial charge in [-0.25, -0.2) is 0 Å². The van der Waals surface area contributed by atoms with Crippen LogP contribution in [-0.4, -0.2) is 16.9 Å². The molecule has 1 aromatic heterocycles. The van der Waals surface area contributed by atoms with Crippen LogP contribution >= 0.6 is 0 Å². The number of phenols is 1. The van der Waals surface area contributed by atoms with Crippen molar-refractivity contribution in [3.8, 4) is 5.75 Å². The van der Waals surface area contributed by atoms with Crippen LogP contribution < -0.4 is 10.9 Å². The average molecular weight is 296 g/mol. The lowest BCUT2D eigenvalue weighted by molar-refractivity contribution is 0.0829. The molecule has 2 aromatic carbocycles. The maximum Gasteiger partial charge on any atom is 0.305 e. The minimum absolute atomic E-state index is 0.0680. The highest BCUT2D eigenvalue weighted by Crippen LogP contribution is 2.24. The molecule has 0 spiro atoms. The van der Waals surface area contributed by atoms with Gasteiger partial charge < -0.3 is 9.52 Å². The summed E-state index contributed by atoms with van der Waals surface area (Å²) in [5.74, 6) is -1.30. The van der Waals surface area contributed by atoms with Crippen LogP contribution in [0, 0.1) is 0 Å². The van der Waals surface area contributed by atoms with Crippen molar-refractivity contribution >= 4 is 22.6 Å². The maximum atomic E-state index is 12.1. The van der Waals surface area contributed by atoms with Crippen LogP contribution in [0.3, 0.4) is 0 Å². The Morgan fingerprint density at radius 3 is 2.27 bits per heavy atom. The second-order valence-corrected chi connectivity index (χ2v) is 4.60. The summed E-state index contributed by atoms with van der Waals surface area (Å²) >= 11 is 0. The van der Waals surface area contributed by atoms with Crippen molar-refractivity contribution in [3.05, 3.63) is 66.1 Å². The van der Waals surface area contributed by atoms with Crippen LogP contribution in [0.5, 0.6) is 5.75 Å². The lowest BCUT2D eigenvalue weighted by Gasteiger charge is -2.08. The van der Waals surface area contributed by atoms with Gasteiger partial charge in [-0.2, -0.15) is 0 Å². The average Bonchev–Trinajstić information content (AvgIpc) is 3.06. The molecule has 0 bridgehead atoms. The first kappa shape index (κ1) is 13.7. The third kappa shape index (κ3) is 2.62. The molecule has 0 aliphatic rings. The normalized spacial score (nSPS) is 10.4. The van der Waals surface area contributed by atoms with E-state index in [0.717, 1.165) is 10.8 Å². The molecular weight excluding hydrogens is 284 g/mol. The van der Waals surface area contributed by atoms with Crippen molar-refractivity contribution in [2.24, 2.45) is 0 Å². The van der Waals surface area contributed by atoms with Crippen molar-refractivity contribution < 1.29 is 19.1 Å². The van der Waals surface area contributed by atoms with Gasteiger partial charge in [0.05, 0.1) is 11.8 Å². The number of hydrogen-bond acceptors (Lipinski definition) is 4. The number of furan rings is 1. The van der Waals surface area contributed by atoms with Crippen LogP contribution in [0.4, 0.5) is 0 Å². The van der Waals surface area contributed by atoms with E-state index >= 15 is 0 Å². The van der Waals surface area contributed by atoms with Gasteiger partial charge in [0.25, 0.3) is 5.91 Å². The fourth-order valence-corrected chi connectivity index (χ4v) is 2.06. The standard InChI is InChI=1S/C16H12N2O4/c19-13-9-11-5-2-1-4-10(11)8-12(13)15(20)17-18-16(21)14-6-3-7-22-14/h1-9,19H,(H,17,20)(H,18,21). The van der Waals surface area contributed by atoms with Crippen LogP contribution in [0.25, 0.3) is 10.8 Å². The number of carbonyl (C=O) groups excluding carboxylic acids is 2. The van der Waals surface area contributed by atoms with Crippen LogP contribution in [0.15, 0.2) is 59.2 Å². The smallest absolute Gasteiger partial charge is 0.305 e. The zero-order valence-electron chi connectivity index (χ0n) is 11.4. The summed E-state index contributed by atoms with van der Waals surface area (Å²) in [6.07, 6.45) is 1.35. The largest absolute Gasteiger partial charge is 0.507 e. The minimum Gasteiger partial charge on any atom is -0.507 e. The number of phenolic OH excluding ortho intramolecular Hbond substituents is 1. The van der Waals surface area contributed by atoms with E-state index < -0.39 is 11.8 Å². The number of rotatable bonds is 2. The lowest BCUT2D eigenvalue weighted by atomic mass is 10.1. The second-order valence-electron chi connectivity index (χ2n) is 4.60.